The van der Waals surface area contributed by atoms with E-state index in [2.05, 4.69) is 10.2 Å². The molecule has 4 rings (SSSR count). The Morgan fingerprint density at radius 3 is 2.61 bits per heavy atom. The largest absolute Gasteiger partial charge is 0.326 e. The summed E-state index contributed by atoms with van der Waals surface area (Å²) in [6, 6.07) is -0.621. The summed E-state index contributed by atoms with van der Waals surface area (Å²) < 4.78 is 28.4. The highest BCUT2D eigenvalue weighted by atomic mass is 32.2. The second-order valence-electron chi connectivity index (χ2n) is 8.86. The molecular weight excluding hydrogens is 386 g/mol. The number of nitrogens with zero attached hydrogens (tertiary/aromatic N) is 2. The molecule has 5 unspecified atom stereocenters. The number of imide groups is 1. The number of urea groups is 1. The Balaban J connectivity index is 1.49. The first-order valence-electron chi connectivity index (χ1n) is 9.87. The monoisotopic (exact) mass is 415 g/mol. The van der Waals surface area contributed by atoms with Crippen molar-refractivity contribution in [2.24, 2.45) is 11.7 Å². The standard InChI is InChI=1S/C17H29N5O5S/c1-17(5-6-17)20-28(25,26)11-3-4-13-12(8-11)15(23)22(16(24)21(13)2)9-10-7-14(18)19-27-10/h10-14,19-20H,3-9,18H2,1-2H3. The fourth-order valence-electron chi connectivity index (χ4n) is 4.52. The first kappa shape index (κ1) is 20.0. The molecule has 0 aromatic carbocycles. The Kier molecular flexibility index (Phi) is 4.94. The Bertz CT molecular complexity index is 770. The molecule has 158 valence electrons. The predicted octanol–water partition coefficient (Wildman–Crippen LogP) is -0.532. The van der Waals surface area contributed by atoms with Gasteiger partial charge in [-0.1, -0.05) is 0 Å². The van der Waals surface area contributed by atoms with Gasteiger partial charge in [0.15, 0.2) is 0 Å². The topological polar surface area (TPSA) is 134 Å². The average molecular weight is 416 g/mol. The number of nitrogens with one attached hydrogen (secondary N) is 2. The Morgan fingerprint density at radius 1 is 1.29 bits per heavy atom. The third kappa shape index (κ3) is 3.65. The molecule has 4 aliphatic rings. The summed E-state index contributed by atoms with van der Waals surface area (Å²) >= 11 is 0. The number of sulfonamides is 1. The molecule has 0 radical (unpaired) electrons. The summed E-state index contributed by atoms with van der Waals surface area (Å²) in [6.45, 7) is 2.01. The summed E-state index contributed by atoms with van der Waals surface area (Å²) in [7, 11) is -1.83. The molecule has 0 spiro atoms. The Morgan fingerprint density at radius 2 is 2.00 bits per heavy atom. The van der Waals surface area contributed by atoms with E-state index in [-0.39, 0.29) is 48.8 Å². The molecule has 2 aliphatic carbocycles. The van der Waals surface area contributed by atoms with Gasteiger partial charge in [-0.05, 0) is 39.0 Å². The van der Waals surface area contributed by atoms with Crippen LogP contribution in [0.15, 0.2) is 0 Å². The zero-order valence-corrected chi connectivity index (χ0v) is 17.1. The van der Waals surface area contributed by atoms with E-state index in [1.54, 1.807) is 11.9 Å². The highest BCUT2D eigenvalue weighted by Crippen LogP contribution is 2.39. The highest BCUT2D eigenvalue weighted by Gasteiger charge is 2.51. The number of fused-ring (bicyclic) bond motifs is 1. The van der Waals surface area contributed by atoms with Crippen molar-refractivity contribution in [1.29, 1.82) is 0 Å². The van der Waals surface area contributed by atoms with E-state index in [9.17, 15) is 18.0 Å². The predicted molar refractivity (Wildman–Crippen MR) is 100 cm³/mol. The molecule has 10 nitrogen and oxygen atoms in total. The summed E-state index contributed by atoms with van der Waals surface area (Å²) in [5.41, 5.74) is 8.05. The Labute approximate surface area is 165 Å². The number of hydrogen-bond donors (Lipinski definition) is 3. The minimum atomic E-state index is -3.51. The molecule has 4 fully saturated rings. The van der Waals surface area contributed by atoms with Gasteiger partial charge in [-0.3, -0.25) is 14.5 Å². The molecule has 4 N–H and O–H groups in total. The van der Waals surface area contributed by atoms with E-state index in [4.69, 9.17) is 10.6 Å². The number of rotatable bonds is 5. The maximum Gasteiger partial charge on any atom is 0.326 e. The van der Waals surface area contributed by atoms with Crippen LogP contribution < -0.4 is 15.9 Å². The summed E-state index contributed by atoms with van der Waals surface area (Å²) in [5, 5.41) is -0.614. The molecule has 3 amide bonds. The second kappa shape index (κ2) is 6.91. The highest BCUT2D eigenvalue weighted by molar-refractivity contribution is 7.90. The maximum absolute atomic E-state index is 13.1. The quantitative estimate of drug-likeness (QED) is 0.549. The van der Waals surface area contributed by atoms with E-state index in [1.807, 2.05) is 6.92 Å². The van der Waals surface area contributed by atoms with Gasteiger partial charge in [0.25, 0.3) is 0 Å². The summed E-state index contributed by atoms with van der Waals surface area (Å²) in [4.78, 5) is 33.9. The molecule has 28 heavy (non-hydrogen) atoms. The van der Waals surface area contributed by atoms with Crippen LogP contribution in [0.2, 0.25) is 0 Å². The van der Waals surface area contributed by atoms with Crippen LogP contribution >= 0.6 is 0 Å². The van der Waals surface area contributed by atoms with Crippen LogP contribution in [0.5, 0.6) is 0 Å². The van der Waals surface area contributed by atoms with Crippen LogP contribution in [0.25, 0.3) is 0 Å². The second-order valence-corrected chi connectivity index (χ2v) is 10.8. The van der Waals surface area contributed by atoms with Crippen LogP contribution in [-0.2, 0) is 19.7 Å². The molecule has 11 heteroatoms. The van der Waals surface area contributed by atoms with Gasteiger partial charge in [-0.15, -0.1) is 0 Å². The molecule has 2 heterocycles. The molecule has 0 bridgehead atoms. The summed E-state index contributed by atoms with van der Waals surface area (Å²) in [6.07, 6.45) is 2.65. The number of hydroxylamine groups is 1. The molecule has 0 aromatic heterocycles. The van der Waals surface area contributed by atoms with Gasteiger partial charge in [0.05, 0.1) is 23.9 Å². The molecule has 2 saturated heterocycles. The zero-order chi connectivity index (χ0) is 20.3. The Hall–Kier alpha value is -1.27. The number of carbonyl (C=O) groups excluding carboxylic acids is 2. The van der Waals surface area contributed by atoms with E-state index in [1.165, 1.54) is 4.90 Å². The first-order chi connectivity index (χ1) is 13.1. The number of hydrogen-bond acceptors (Lipinski definition) is 7. The normalized spacial score (nSPS) is 37.9. The SMILES string of the molecule is CN1C(=O)N(CC2CC(N)NO2)C(=O)C2CC(S(=O)(=O)NC3(C)CC3)CCC21. The lowest BCUT2D eigenvalue weighted by molar-refractivity contribution is -0.141. The van der Waals surface area contributed by atoms with Crippen molar-refractivity contribution in [2.45, 2.75) is 74.5 Å². The molecule has 0 aromatic rings. The van der Waals surface area contributed by atoms with Crippen LogP contribution in [0, 0.1) is 5.92 Å². The third-order valence-corrected chi connectivity index (χ3v) is 8.58. The van der Waals surface area contributed by atoms with Gasteiger partial charge in [0, 0.05) is 25.0 Å². The van der Waals surface area contributed by atoms with Gasteiger partial charge in [0.2, 0.25) is 15.9 Å². The van der Waals surface area contributed by atoms with E-state index in [0.29, 0.717) is 19.3 Å². The third-order valence-electron chi connectivity index (χ3n) is 6.50. The zero-order valence-electron chi connectivity index (χ0n) is 16.3. The van der Waals surface area contributed by atoms with Crippen molar-refractivity contribution in [3.8, 4) is 0 Å². The summed E-state index contributed by atoms with van der Waals surface area (Å²) in [5.74, 6) is -0.831. The smallest absolute Gasteiger partial charge is 0.324 e. The minimum absolute atomic E-state index is 0.111. The number of amides is 3. The van der Waals surface area contributed by atoms with E-state index < -0.39 is 21.2 Å². The average Bonchev–Trinajstić information content (AvgIpc) is 3.20. The fraction of sp³-hybridized carbons (Fsp3) is 0.882. The lowest BCUT2D eigenvalue weighted by Crippen LogP contribution is -2.63. The lowest BCUT2D eigenvalue weighted by Gasteiger charge is -2.47. The van der Waals surface area contributed by atoms with Crippen molar-refractivity contribution in [1.82, 2.24) is 20.0 Å². The number of carbonyl (C=O) groups is 2. The van der Waals surface area contributed by atoms with Gasteiger partial charge in [0.1, 0.15) is 6.10 Å². The molecule has 5 atom stereocenters. The van der Waals surface area contributed by atoms with Crippen LogP contribution in [0.1, 0.15) is 45.4 Å². The van der Waals surface area contributed by atoms with E-state index in [0.717, 1.165) is 12.8 Å². The van der Waals surface area contributed by atoms with Crippen molar-refractivity contribution in [3.63, 3.8) is 0 Å². The van der Waals surface area contributed by atoms with Crippen LogP contribution in [0.3, 0.4) is 0 Å². The van der Waals surface area contributed by atoms with Gasteiger partial charge < -0.3 is 10.6 Å². The molecule has 2 aliphatic heterocycles. The fourth-order valence-corrected chi connectivity index (χ4v) is 6.48. The number of nitrogens with two attached hydrogens (primary N) is 1. The van der Waals surface area contributed by atoms with Gasteiger partial charge in [-0.25, -0.2) is 17.9 Å². The van der Waals surface area contributed by atoms with Crippen LogP contribution in [-0.4, -0.2) is 72.8 Å². The first-order valence-corrected chi connectivity index (χ1v) is 11.4. The van der Waals surface area contributed by atoms with Crippen molar-refractivity contribution in [3.05, 3.63) is 0 Å². The van der Waals surface area contributed by atoms with Crippen molar-refractivity contribution < 1.29 is 22.8 Å². The van der Waals surface area contributed by atoms with Crippen molar-refractivity contribution in [2.75, 3.05) is 13.6 Å². The minimum Gasteiger partial charge on any atom is -0.324 e. The van der Waals surface area contributed by atoms with Gasteiger partial charge >= 0.3 is 6.03 Å². The lowest BCUT2D eigenvalue weighted by atomic mass is 9.81. The molecule has 2 saturated carbocycles. The van der Waals surface area contributed by atoms with Crippen LogP contribution in [0.4, 0.5) is 4.79 Å². The van der Waals surface area contributed by atoms with Gasteiger partial charge in [-0.2, -0.15) is 5.48 Å². The van der Waals surface area contributed by atoms with Crippen molar-refractivity contribution >= 4 is 22.0 Å². The van der Waals surface area contributed by atoms with E-state index >= 15 is 0 Å². The maximum atomic E-state index is 13.1. The molecular formula is C17H29N5O5S.